The third-order valence-corrected chi connectivity index (χ3v) is 4.41. The van der Waals surface area contributed by atoms with E-state index in [2.05, 4.69) is 66.4 Å². The van der Waals surface area contributed by atoms with Crippen molar-refractivity contribution in [2.24, 2.45) is 0 Å². The molecule has 22 heavy (non-hydrogen) atoms. The van der Waals surface area contributed by atoms with Gasteiger partial charge in [0.2, 0.25) is 0 Å². The van der Waals surface area contributed by atoms with E-state index in [4.69, 9.17) is 4.42 Å². The predicted octanol–water partition coefficient (Wildman–Crippen LogP) is 4.73. The molecule has 0 bridgehead atoms. The minimum atomic E-state index is 0.194. The van der Waals surface area contributed by atoms with Gasteiger partial charge >= 0.3 is 0 Å². The lowest BCUT2D eigenvalue weighted by Crippen LogP contribution is -2.23. The van der Waals surface area contributed by atoms with E-state index in [1.54, 1.807) is 0 Å². The molecule has 2 aromatic carbocycles. The van der Waals surface area contributed by atoms with Gasteiger partial charge in [-0.15, -0.1) is 0 Å². The highest BCUT2D eigenvalue weighted by atomic mass is 16.3. The normalized spacial score (nSPS) is 18.7. The molecule has 3 heterocycles. The van der Waals surface area contributed by atoms with Crippen molar-refractivity contribution in [1.82, 2.24) is 4.90 Å². The van der Waals surface area contributed by atoms with Crippen LogP contribution in [-0.2, 0) is 0 Å². The maximum Gasteiger partial charge on any atom is 0.136 e. The first-order valence-corrected chi connectivity index (χ1v) is 7.41. The van der Waals surface area contributed by atoms with Crippen LogP contribution in [0.3, 0.4) is 0 Å². The fourth-order valence-electron chi connectivity index (χ4n) is 3.29. The summed E-state index contributed by atoms with van der Waals surface area (Å²) < 4.78 is 5.96. The molecule has 0 fully saturated rings. The Bertz CT molecular complexity index is 1060. The molecule has 0 radical (unpaired) electrons. The topological polar surface area (TPSA) is 16.4 Å². The molecule has 1 atom stereocenters. The molecule has 0 saturated heterocycles. The van der Waals surface area contributed by atoms with E-state index in [0.717, 1.165) is 22.1 Å². The second-order valence-corrected chi connectivity index (χ2v) is 5.85. The monoisotopic (exact) mass is 283 g/mol. The number of nitrogens with zero attached hydrogens (tertiary/aromatic N) is 1. The second kappa shape index (κ2) is 4.05. The zero-order valence-corrected chi connectivity index (χ0v) is 12.1. The van der Waals surface area contributed by atoms with Crippen molar-refractivity contribution in [2.75, 3.05) is 0 Å². The van der Waals surface area contributed by atoms with Crippen LogP contribution in [-0.4, -0.2) is 4.90 Å². The molecule has 5 rings (SSSR count). The van der Waals surface area contributed by atoms with E-state index < -0.39 is 0 Å². The zero-order chi connectivity index (χ0) is 14.7. The first-order valence-electron chi connectivity index (χ1n) is 7.41. The van der Waals surface area contributed by atoms with Crippen molar-refractivity contribution in [1.29, 1.82) is 0 Å². The molecule has 2 heteroatoms. The molecular weight excluding hydrogens is 270 g/mol. The van der Waals surface area contributed by atoms with Crippen LogP contribution < -0.4 is 0 Å². The SMILES string of the molecule is CC1=CC2c3cc4c(cc3C#CN2C=C1)oc1ccccc14. The van der Waals surface area contributed by atoms with Gasteiger partial charge in [0.05, 0.1) is 6.04 Å². The highest BCUT2D eigenvalue weighted by Crippen LogP contribution is 2.37. The third-order valence-electron chi connectivity index (χ3n) is 4.41. The molecule has 1 unspecified atom stereocenters. The molecule has 0 aliphatic carbocycles. The Labute approximate surface area is 128 Å². The van der Waals surface area contributed by atoms with Crippen molar-refractivity contribution in [3.05, 3.63) is 71.5 Å². The maximum atomic E-state index is 5.96. The van der Waals surface area contributed by atoms with Crippen molar-refractivity contribution < 1.29 is 4.42 Å². The lowest BCUT2D eigenvalue weighted by molar-refractivity contribution is 0.450. The van der Waals surface area contributed by atoms with Crippen LogP contribution in [0.1, 0.15) is 24.1 Å². The molecule has 2 aliphatic rings. The molecule has 104 valence electrons. The first kappa shape index (κ1) is 11.7. The van der Waals surface area contributed by atoms with Gasteiger partial charge in [0.15, 0.2) is 0 Å². The molecule has 2 aliphatic heterocycles. The number of allylic oxidation sites excluding steroid dienone is 2. The Morgan fingerprint density at radius 3 is 2.95 bits per heavy atom. The van der Waals surface area contributed by atoms with Gasteiger partial charge in [-0.2, -0.15) is 0 Å². The standard InChI is InChI=1S/C20H13NO/c1-13-6-8-21-9-7-14-11-20-17(12-16(14)18(21)10-13)15-4-2-3-5-19(15)22-20/h2-6,8,10-12,18H,1H3. The van der Waals surface area contributed by atoms with Gasteiger partial charge in [0.1, 0.15) is 11.2 Å². The first-order chi connectivity index (χ1) is 10.8. The summed E-state index contributed by atoms with van der Waals surface area (Å²) in [7, 11) is 0. The summed E-state index contributed by atoms with van der Waals surface area (Å²) in [5.74, 6) is 3.25. The summed E-state index contributed by atoms with van der Waals surface area (Å²) in [6.07, 6.45) is 6.43. The fraction of sp³-hybridized carbons (Fsp3) is 0.100. The molecule has 2 nitrogen and oxygen atoms in total. The van der Waals surface area contributed by atoms with Crippen LogP contribution in [0.4, 0.5) is 0 Å². The number of benzene rings is 2. The van der Waals surface area contributed by atoms with Crippen LogP contribution in [0.5, 0.6) is 0 Å². The number of fused-ring (bicyclic) bond motifs is 6. The molecule has 0 amide bonds. The van der Waals surface area contributed by atoms with Gasteiger partial charge in [-0.1, -0.05) is 29.8 Å². The quantitative estimate of drug-likeness (QED) is 0.555. The van der Waals surface area contributed by atoms with E-state index in [-0.39, 0.29) is 6.04 Å². The average Bonchev–Trinajstić information content (AvgIpc) is 2.90. The summed E-state index contributed by atoms with van der Waals surface area (Å²) in [5.41, 5.74) is 5.43. The Hall–Kier alpha value is -2.92. The maximum absolute atomic E-state index is 5.96. The molecule has 0 N–H and O–H groups in total. The lowest BCUT2D eigenvalue weighted by Gasteiger charge is -2.29. The Balaban J connectivity index is 1.84. The summed E-state index contributed by atoms with van der Waals surface area (Å²) in [5, 5.41) is 2.33. The molecule has 1 aromatic heterocycles. The molecule has 3 aromatic rings. The zero-order valence-electron chi connectivity index (χ0n) is 12.1. The van der Waals surface area contributed by atoms with Gasteiger partial charge in [-0.25, -0.2) is 0 Å². The van der Waals surface area contributed by atoms with Crippen molar-refractivity contribution in [3.63, 3.8) is 0 Å². The summed E-state index contributed by atoms with van der Waals surface area (Å²) >= 11 is 0. The van der Waals surface area contributed by atoms with Crippen molar-refractivity contribution >= 4 is 21.9 Å². The van der Waals surface area contributed by atoms with Crippen LogP contribution in [0.25, 0.3) is 21.9 Å². The van der Waals surface area contributed by atoms with Gasteiger partial charge in [-0.05, 0) is 42.7 Å². The van der Waals surface area contributed by atoms with E-state index in [9.17, 15) is 0 Å². The summed E-state index contributed by atoms with van der Waals surface area (Å²) in [6.45, 7) is 2.13. The number of hydrogen-bond acceptors (Lipinski definition) is 2. The van der Waals surface area contributed by atoms with Gasteiger partial charge < -0.3 is 4.42 Å². The smallest absolute Gasteiger partial charge is 0.136 e. The number of hydrogen-bond donors (Lipinski definition) is 0. The van der Waals surface area contributed by atoms with Gasteiger partial charge in [0, 0.05) is 28.6 Å². The number of para-hydroxylation sites is 1. The van der Waals surface area contributed by atoms with Crippen LogP contribution >= 0.6 is 0 Å². The van der Waals surface area contributed by atoms with Gasteiger partial charge in [-0.3, -0.25) is 4.90 Å². The Kier molecular flexibility index (Phi) is 2.16. The lowest BCUT2D eigenvalue weighted by atomic mass is 9.92. The average molecular weight is 283 g/mol. The third kappa shape index (κ3) is 1.51. The minimum absolute atomic E-state index is 0.194. The predicted molar refractivity (Wildman–Crippen MR) is 88.1 cm³/mol. The molecular formula is C20H13NO. The number of rotatable bonds is 0. The van der Waals surface area contributed by atoms with E-state index in [0.29, 0.717) is 0 Å². The second-order valence-electron chi connectivity index (χ2n) is 5.85. The summed E-state index contributed by atoms with van der Waals surface area (Å²) in [6, 6.07) is 15.9. The molecule has 0 spiro atoms. The Morgan fingerprint density at radius 2 is 2.00 bits per heavy atom. The largest absolute Gasteiger partial charge is 0.456 e. The van der Waals surface area contributed by atoms with Crippen LogP contribution in [0.15, 0.2) is 64.7 Å². The number of furan rings is 1. The van der Waals surface area contributed by atoms with Gasteiger partial charge in [0.25, 0.3) is 0 Å². The molecule has 0 saturated carbocycles. The van der Waals surface area contributed by atoms with E-state index in [1.165, 1.54) is 16.5 Å². The summed E-state index contributed by atoms with van der Waals surface area (Å²) in [4.78, 5) is 2.07. The fourth-order valence-corrected chi connectivity index (χ4v) is 3.29. The Morgan fingerprint density at radius 1 is 1.09 bits per heavy atom. The van der Waals surface area contributed by atoms with E-state index in [1.807, 2.05) is 12.1 Å². The highest BCUT2D eigenvalue weighted by molar-refractivity contribution is 6.05. The minimum Gasteiger partial charge on any atom is -0.456 e. The van der Waals surface area contributed by atoms with Crippen molar-refractivity contribution in [2.45, 2.75) is 13.0 Å². The highest BCUT2D eigenvalue weighted by Gasteiger charge is 2.24. The van der Waals surface area contributed by atoms with E-state index >= 15 is 0 Å². The van der Waals surface area contributed by atoms with Crippen LogP contribution in [0, 0.1) is 12.0 Å². The van der Waals surface area contributed by atoms with Crippen molar-refractivity contribution in [3.8, 4) is 12.0 Å². The van der Waals surface area contributed by atoms with Crippen LogP contribution in [0.2, 0.25) is 0 Å².